The van der Waals surface area contributed by atoms with Crippen molar-refractivity contribution in [2.45, 2.75) is 40.2 Å². The second kappa shape index (κ2) is 14.0. The van der Waals surface area contributed by atoms with Crippen molar-refractivity contribution in [1.82, 2.24) is 9.97 Å². The molecule has 1 aromatic heterocycles. The van der Waals surface area contributed by atoms with Gasteiger partial charge in [-0.2, -0.15) is 4.98 Å². The fourth-order valence-electron chi connectivity index (χ4n) is 3.79. The summed E-state index contributed by atoms with van der Waals surface area (Å²) in [6.07, 6.45) is 2.21. The van der Waals surface area contributed by atoms with Gasteiger partial charge in [0.15, 0.2) is 23.2 Å². The second-order valence-electron chi connectivity index (χ2n) is 9.38. The molecule has 2 atom stereocenters. The average molecular weight is 554 g/mol. The lowest BCUT2D eigenvalue weighted by Gasteiger charge is -2.20. The molecule has 9 nitrogen and oxygen atoms in total. The minimum atomic E-state index is -0.714. The summed E-state index contributed by atoms with van der Waals surface area (Å²) in [5.74, 6) is -2.22. The Morgan fingerprint density at radius 2 is 1.75 bits per heavy atom. The number of nitrogens with zero attached hydrogens (tertiary/aromatic N) is 2. The highest BCUT2D eigenvalue weighted by atomic mass is 19.1. The number of carbonyl (C=O) groups is 2. The van der Waals surface area contributed by atoms with Crippen molar-refractivity contribution in [1.29, 1.82) is 0 Å². The fraction of sp³-hybridized carbons (Fsp3) is 0.310. The molecule has 3 aromatic rings. The minimum absolute atomic E-state index is 0.00970. The van der Waals surface area contributed by atoms with Crippen molar-refractivity contribution < 1.29 is 27.8 Å². The van der Waals surface area contributed by atoms with E-state index in [1.807, 2.05) is 20.8 Å². The predicted molar refractivity (Wildman–Crippen MR) is 150 cm³/mol. The number of amides is 1. The van der Waals surface area contributed by atoms with Crippen LogP contribution in [0, 0.1) is 23.5 Å². The topological polar surface area (TPSA) is 114 Å². The molecule has 0 saturated carbocycles. The van der Waals surface area contributed by atoms with Crippen LogP contribution in [0.4, 0.5) is 37.6 Å². The molecule has 0 unspecified atom stereocenters. The molecule has 2 aromatic carbocycles. The highest BCUT2D eigenvalue weighted by molar-refractivity contribution is 5.99. The number of carbonyl (C=O) groups excluding carboxylic acids is 2. The van der Waals surface area contributed by atoms with E-state index in [1.54, 1.807) is 37.3 Å². The third kappa shape index (κ3) is 8.48. The van der Waals surface area contributed by atoms with Gasteiger partial charge in [0.05, 0.1) is 12.1 Å². The monoisotopic (exact) mass is 553 g/mol. The van der Waals surface area contributed by atoms with Crippen LogP contribution in [0.5, 0.6) is 5.75 Å². The van der Waals surface area contributed by atoms with Gasteiger partial charge in [-0.1, -0.05) is 33.4 Å². The largest absolute Gasteiger partial charge is 0.484 e. The van der Waals surface area contributed by atoms with E-state index in [0.717, 1.165) is 12.3 Å². The Morgan fingerprint density at radius 3 is 2.42 bits per heavy atom. The van der Waals surface area contributed by atoms with E-state index in [0.29, 0.717) is 23.5 Å². The van der Waals surface area contributed by atoms with Gasteiger partial charge in [-0.05, 0) is 55.7 Å². The first-order valence-electron chi connectivity index (χ1n) is 12.8. The van der Waals surface area contributed by atoms with Crippen LogP contribution >= 0.6 is 0 Å². The van der Waals surface area contributed by atoms with Gasteiger partial charge in [-0.25, -0.2) is 13.8 Å². The number of esters is 1. The summed E-state index contributed by atoms with van der Waals surface area (Å²) >= 11 is 0. The van der Waals surface area contributed by atoms with Gasteiger partial charge in [-0.15, -0.1) is 0 Å². The summed E-state index contributed by atoms with van der Waals surface area (Å²) in [5.41, 5.74) is 1.25. The SMILES string of the molecule is C=CC(=O)Nc1cccc(Nc2nc(Nc3ccc(O[C@H](C)COC(=O)[C@@H](CC)C(C)C)c(F)c3)ncc2F)c1. The molecule has 0 aliphatic heterocycles. The van der Waals surface area contributed by atoms with E-state index < -0.39 is 17.7 Å². The smallest absolute Gasteiger partial charge is 0.309 e. The van der Waals surface area contributed by atoms with Gasteiger partial charge in [0.25, 0.3) is 0 Å². The molecule has 0 aliphatic rings. The summed E-state index contributed by atoms with van der Waals surface area (Å²) in [4.78, 5) is 31.8. The third-order valence-corrected chi connectivity index (χ3v) is 5.85. The Labute approximate surface area is 232 Å². The average Bonchev–Trinajstić information content (AvgIpc) is 2.91. The lowest BCUT2D eigenvalue weighted by atomic mass is 9.93. The lowest BCUT2D eigenvalue weighted by molar-refractivity contribution is -0.152. The molecule has 0 saturated heterocycles. The van der Waals surface area contributed by atoms with Crippen molar-refractivity contribution in [2.75, 3.05) is 22.6 Å². The standard InChI is InChI=1S/C29H33F2N5O4/c1-6-22(17(3)4)28(38)39-16-18(5)40-25-12-11-21(14-23(25)30)35-29-32-15-24(31)27(36-29)34-20-10-8-9-19(13-20)33-26(37)7-2/h7-15,17-18,22H,2,6,16H2,1,3-5H3,(H,33,37)(H2,32,34,35,36)/t18-,22+/m1/s1. The molecule has 0 radical (unpaired) electrons. The summed E-state index contributed by atoms with van der Waals surface area (Å²) in [6.45, 7) is 10.9. The van der Waals surface area contributed by atoms with Crippen LogP contribution in [-0.4, -0.2) is 34.6 Å². The van der Waals surface area contributed by atoms with Crippen molar-refractivity contribution in [3.8, 4) is 5.75 Å². The number of nitrogens with one attached hydrogen (secondary N) is 3. The zero-order valence-electron chi connectivity index (χ0n) is 22.8. The van der Waals surface area contributed by atoms with Gasteiger partial charge >= 0.3 is 5.97 Å². The highest BCUT2D eigenvalue weighted by Crippen LogP contribution is 2.26. The van der Waals surface area contributed by atoms with Crippen molar-refractivity contribution in [3.63, 3.8) is 0 Å². The predicted octanol–water partition coefficient (Wildman–Crippen LogP) is 6.36. The van der Waals surface area contributed by atoms with E-state index in [2.05, 4.69) is 32.5 Å². The Morgan fingerprint density at radius 1 is 1.02 bits per heavy atom. The normalized spacial score (nSPS) is 12.3. The van der Waals surface area contributed by atoms with E-state index in [-0.39, 0.29) is 47.8 Å². The van der Waals surface area contributed by atoms with Crippen LogP contribution in [0.1, 0.15) is 34.1 Å². The minimum Gasteiger partial charge on any atom is -0.484 e. The number of benzene rings is 2. The van der Waals surface area contributed by atoms with E-state index in [4.69, 9.17) is 9.47 Å². The van der Waals surface area contributed by atoms with Gasteiger partial charge in [-0.3, -0.25) is 9.59 Å². The van der Waals surface area contributed by atoms with Crippen molar-refractivity contribution in [2.24, 2.45) is 11.8 Å². The first kappa shape index (κ1) is 30.0. The molecule has 3 rings (SSSR count). The zero-order valence-corrected chi connectivity index (χ0v) is 22.8. The van der Waals surface area contributed by atoms with Crippen LogP contribution < -0.4 is 20.7 Å². The fourth-order valence-corrected chi connectivity index (χ4v) is 3.79. The number of hydrogen-bond donors (Lipinski definition) is 3. The number of hydrogen-bond acceptors (Lipinski definition) is 8. The molecule has 11 heteroatoms. The maximum Gasteiger partial charge on any atom is 0.309 e. The van der Waals surface area contributed by atoms with Crippen LogP contribution in [0.2, 0.25) is 0 Å². The maximum absolute atomic E-state index is 14.8. The van der Waals surface area contributed by atoms with Crippen molar-refractivity contribution >= 4 is 40.7 Å². The van der Waals surface area contributed by atoms with E-state index in [1.165, 1.54) is 12.1 Å². The number of anilines is 5. The maximum atomic E-state index is 14.8. The molecule has 1 amide bonds. The van der Waals surface area contributed by atoms with Crippen LogP contribution in [0.15, 0.2) is 61.3 Å². The molecule has 1 heterocycles. The first-order valence-corrected chi connectivity index (χ1v) is 12.8. The first-order chi connectivity index (χ1) is 19.1. The Hall–Kier alpha value is -4.54. The molecule has 0 aliphatic carbocycles. The van der Waals surface area contributed by atoms with Crippen LogP contribution in [-0.2, 0) is 14.3 Å². The van der Waals surface area contributed by atoms with Crippen LogP contribution in [0.25, 0.3) is 0 Å². The molecular weight excluding hydrogens is 520 g/mol. The van der Waals surface area contributed by atoms with E-state index in [9.17, 15) is 18.4 Å². The lowest BCUT2D eigenvalue weighted by Crippen LogP contribution is -2.27. The molecule has 212 valence electrons. The van der Waals surface area contributed by atoms with Gasteiger partial charge in [0.1, 0.15) is 12.7 Å². The second-order valence-corrected chi connectivity index (χ2v) is 9.38. The zero-order chi connectivity index (χ0) is 29.2. The molecule has 40 heavy (non-hydrogen) atoms. The van der Waals surface area contributed by atoms with Crippen LogP contribution in [0.3, 0.4) is 0 Å². The molecule has 0 spiro atoms. The number of aromatic nitrogens is 2. The molecular formula is C29H33F2N5O4. The number of ether oxygens (including phenoxy) is 2. The van der Waals surface area contributed by atoms with Crippen molar-refractivity contribution in [3.05, 3.63) is 73.0 Å². The summed E-state index contributed by atoms with van der Waals surface area (Å²) in [5, 5.41) is 8.28. The number of halogens is 2. The summed E-state index contributed by atoms with van der Waals surface area (Å²) in [7, 11) is 0. The van der Waals surface area contributed by atoms with Gasteiger partial charge in [0.2, 0.25) is 11.9 Å². The third-order valence-electron chi connectivity index (χ3n) is 5.85. The quantitative estimate of drug-likeness (QED) is 0.166. The highest BCUT2D eigenvalue weighted by Gasteiger charge is 2.22. The molecule has 0 fully saturated rings. The van der Waals surface area contributed by atoms with Gasteiger partial charge < -0.3 is 25.4 Å². The molecule has 3 N–H and O–H groups in total. The Kier molecular flexibility index (Phi) is 10.5. The van der Waals surface area contributed by atoms with Gasteiger partial charge in [0, 0.05) is 23.1 Å². The summed E-state index contributed by atoms with van der Waals surface area (Å²) in [6, 6.07) is 10.8. The summed E-state index contributed by atoms with van der Waals surface area (Å²) < 4.78 is 40.1. The number of rotatable bonds is 13. The van der Waals surface area contributed by atoms with E-state index >= 15 is 0 Å². The Balaban J connectivity index is 1.63. The Bertz CT molecular complexity index is 1350. The molecule has 0 bridgehead atoms.